The van der Waals surface area contributed by atoms with Crippen LogP contribution in [0.15, 0.2) is 0 Å². The van der Waals surface area contributed by atoms with Crippen LogP contribution >= 0.6 is 0 Å². The van der Waals surface area contributed by atoms with Gasteiger partial charge in [0, 0.05) is 38.8 Å². The Bertz CT molecular complexity index is 266. The highest BCUT2D eigenvalue weighted by Gasteiger charge is 2.28. The quantitative estimate of drug-likeness (QED) is 0.581. The van der Waals surface area contributed by atoms with Crippen LogP contribution in [0.1, 0.15) is 13.8 Å². The van der Waals surface area contributed by atoms with Gasteiger partial charge in [-0.3, -0.25) is 9.69 Å². The molecule has 1 saturated heterocycles. The molecule has 0 saturated carbocycles. The minimum atomic E-state index is -0.0357. The van der Waals surface area contributed by atoms with Crippen molar-refractivity contribution in [2.75, 3.05) is 59.7 Å². The van der Waals surface area contributed by atoms with Gasteiger partial charge in [-0.2, -0.15) is 0 Å². The van der Waals surface area contributed by atoms with Crippen molar-refractivity contribution in [2.45, 2.75) is 19.4 Å². The lowest BCUT2D eigenvalue weighted by Gasteiger charge is -2.40. The molecule has 0 aliphatic carbocycles. The molecule has 0 aromatic carbocycles. The third kappa shape index (κ3) is 6.33. The summed E-state index contributed by atoms with van der Waals surface area (Å²) < 4.78 is 10.3. The first-order chi connectivity index (χ1) is 9.06. The molecule has 0 unspecified atom stereocenters. The van der Waals surface area contributed by atoms with Gasteiger partial charge >= 0.3 is 0 Å². The SMILES string of the molecule is COCCNCC(=O)NCC(C)(C)N1CCOCC1. The lowest BCUT2D eigenvalue weighted by molar-refractivity contribution is -0.121. The maximum atomic E-state index is 11.7. The van der Waals surface area contributed by atoms with Crippen LogP contribution in [0.2, 0.25) is 0 Å². The van der Waals surface area contributed by atoms with Crippen molar-refractivity contribution in [1.82, 2.24) is 15.5 Å². The number of carbonyl (C=O) groups excluding carboxylic acids is 1. The smallest absolute Gasteiger partial charge is 0.234 e. The summed E-state index contributed by atoms with van der Waals surface area (Å²) in [6.07, 6.45) is 0. The predicted octanol–water partition coefficient (Wildman–Crippen LogP) is -0.551. The lowest BCUT2D eigenvalue weighted by Crippen LogP contribution is -2.56. The molecule has 6 heteroatoms. The zero-order valence-corrected chi connectivity index (χ0v) is 12.3. The van der Waals surface area contributed by atoms with Crippen molar-refractivity contribution in [3.63, 3.8) is 0 Å². The average Bonchev–Trinajstić information content (AvgIpc) is 2.42. The van der Waals surface area contributed by atoms with Gasteiger partial charge in [-0.1, -0.05) is 0 Å². The first-order valence-electron chi connectivity index (χ1n) is 6.85. The van der Waals surface area contributed by atoms with Crippen LogP contribution in [0, 0.1) is 0 Å². The highest BCUT2D eigenvalue weighted by atomic mass is 16.5. The number of ether oxygens (including phenoxy) is 2. The second kappa shape index (κ2) is 8.47. The largest absolute Gasteiger partial charge is 0.383 e. The van der Waals surface area contributed by atoms with Gasteiger partial charge in [0.15, 0.2) is 0 Å². The normalized spacial score (nSPS) is 17.4. The minimum absolute atomic E-state index is 0.0254. The van der Waals surface area contributed by atoms with Gasteiger partial charge in [-0.05, 0) is 13.8 Å². The Morgan fingerprint density at radius 3 is 2.68 bits per heavy atom. The van der Waals surface area contributed by atoms with Crippen molar-refractivity contribution < 1.29 is 14.3 Å². The summed E-state index contributed by atoms with van der Waals surface area (Å²) in [5.74, 6) is 0.0254. The molecule has 0 aromatic heterocycles. The Hall–Kier alpha value is -0.690. The van der Waals surface area contributed by atoms with Gasteiger partial charge in [0.25, 0.3) is 0 Å². The number of methoxy groups -OCH3 is 1. The highest BCUT2D eigenvalue weighted by molar-refractivity contribution is 5.78. The average molecular weight is 273 g/mol. The van der Waals surface area contributed by atoms with E-state index >= 15 is 0 Å². The van der Waals surface area contributed by atoms with E-state index in [1.807, 2.05) is 0 Å². The molecule has 0 aromatic rings. The second-order valence-corrected chi connectivity index (χ2v) is 5.36. The van der Waals surface area contributed by atoms with Gasteiger partial charge < -0.3 is 20.1 Å². The van der Waals surface area contributed by atoms with Crippen LogP contribution in [0.5, 0.6) is 0 Å². The molecular weight excluding hydrogens is 246 g/mol. The van der Waals surface area contributed by atoms with E-state index in [1.54, 1.807) is 7.11 Å². The monoisotopic (exact) mass is 273 g/mol. The highest BCUT2D eigenvalue weighted by Crippen LogP contribution is 2.14. The van der Waals surface area contributed by atoms with Crippen molar-refractivity contribution in [2.24, 2.45) is 0 Å². The Morgan fingerprint density at radius 1 is 1.37 bits per heavy atom. The number of nitrogens with zero attached hydrogens (tertiary/aromatic N) is 1. The Balaban J connectivity index is 2.20. The molecule has 0 atom stereocenters. The third-order valence-electron chi connectivity index (χ3n) is 3.35. The van der Waals surface area contributed by atoms with Crippen molar-refractivity contribution >= 4 is 5.91 Å². The molecule has 1 amide bonds. The summed E-state index contributed by atoms with van der Waals surface area (Å²) >= 11 is 0. The molecule has 2 N–H and O–H groups in total. The van der Waals surface area contributed by atoms with E-state index in [2.05, 4.69) is 29.4 Å². The minimum Gasteiger partial charge on any atom is -0.383 e. The van der Waals surface area contributed by atoms with E-state index in [0.29, 0.717) is 26.2 Å². The van der Waals surface area contributed by atoms with E-state index in [-0.39, 0.29) is 11.4 Å². The molecule has 0 radical (unpaired) electrons. The maximum Gasteiger partial charge on any atom is 0.234 e. The summed E-state index contributed by atoms with van der Waals surface area (Å²) in [5.41, 5.74) is -0.0357. The second-order valence-electron chi connectivity index (χ2n) is 5.36. The van der Waals surface area contributed by atoms with E-state index in [9.17, 15) is 4.79 Å². The summed E-state index contributed by atoms with van der Waals surface area (Å²) in [4.78, 5) is 14.0. The van der Waals surface area contributed by atoms with Crippen molar-refractivity contribution in [1.29, 1.82) is 0 Å². The third-order valence-corrected chi connectivity index (χ3v) is 3.35. The number of hydrogen-bond acceptors (Lipinski definition) is 5. The molecule has 6 nitrogen and oxygen atoms in total. The number of carbonyl (C=O) groups is 1. The van der Waals surface area contributed by atoms with Gasteiger partial charge in [0.1, 0.15) is 0 Å². The van der Waals surface area contributed by atoms with Gasteiger partial charge in [0.2, 0.25) is 5.91 Å². The molecule has 1 fully saturated rings. The molecule has 0 spiro atoms. The molecule has 112 valence electrons. The van der Waals surface area contributed by atoms with E-state index in [0.717, 1.165) is 26.3 Å². The Morgan fingerprint density at radius 2 is 2.05 bits per heavy atom. The van der Waals surface area contributed by atoms with Crippen molar-refractivity contribution in [3.05, 3.63) is 0 Å². The Kier molecular flexibility index (Phi) is 7.30. The van der Waals surface area contributed by atoms with Gasteiger partial charge in [-0.25, -0.2) is 0 Å². The van der Waals surface area contributed by atoms with E-state index in [4.69, 9.17) is 9.47 Å². The molecule has 1 aliphatic rings. The molecule has 1 rings (SSSR count). The van der Waals surface area contributed by atoms with E-state index in [1.165, 1.54) is 0 Å². The van der Waals surface area contributed by atoms with Crippen LogP contribution < -0.4 is 10.6 Å². The van der Waals surface area contributed by atoms with Gasteiger partial charge in [-0.15, -0.1) is 0 Å². The molecule has 19 heavy (non-hydrogen) atoms. The first kappa shape index (κ1) is 16.4. The summed E-state index contributed by atoms with van der Waals surface area (Å²) in [7, 11) is 1.65. The predicted molar refractivity (Wildman–Crippen MR) is 74.2 cm³/mol. The van der Waals surface area contributed by atoms with Gasteiger partial charge in [0.05, 0.1) is 26.4 Å². The van der Waals surface area contributed by atoms with Crippen molar-refractivity contribution in [3.8, 4) is 0 Å². The zero-order chi connectivity index (χ0) is 14.1. The van der Waals surface area contributed by atoms with Crippen LogP contribution in [-0.4, -0.2) is 76.0 Å². The fourth-order valence-electron chi connectivity index (χ4n) is 2.03. The van der Waals surface area contributed by atoms with Crippen LogP contribution in [-0.2, 0) is 14.3 Å². The fraction of sp³-hybridized carbons (Fsp3) is 0.923. The maximum absolute atomic E-state index is 11.7. The summed E-state index contributed by atoms with van der Waals surface area (Å²) in [5, 5.41) is 6.00. The number of morpholine rings is 1. The molecule has 1 heterocycles. The number of hydrogen-bond donors (Lipinski definition) is 2. The summed E-state index contributed by atoms with van der Waals surface area (Å²) in [6, 6.07) is 0. The summed E-state index contributed by atoms with van der Waals surface area (Å²) in [6.45, 7) is 9.99. The fourth-order valence-corrected chi connectivity index (χ4v) is 2.03. The number of rotatable bonds is 8. The Labute approximate surface area is 115 Å². The van der Waals surface area contributed by atoms with Crippen LogP contribution in [0.25, 0.3) is 0 Å². The zero-order valence-electron chi connectivity index (χ0n) is 12.3. The van der Waals surface area contributed by atoms with Crippen LogP contribution in [0.3, 0.4) is 0 Å². The number of nitrogens with one attached hydrogen (secondary N) is 2. The standard InChI is InChI=1S/C13H27N3O3/c1-13(2,16-5-8-19-9-6-16)11-15-12(17)10-14-4-7-18-3/h14H,4-11H2,1-3H3,(H,15,17). The lowest BCUT2D eigenvalue weighted by atomic mass is 10.0. The first-order valence-corrected chi connectivity index (χ1v) is 6.85. The molecular formula is C13H27N3O3. The molecule has 1 aliphatic heterocycles. The van der Waals surface area contributed by atoms with Crippen LogP contribution in [0.4, 0.5) is 0 Å². The van der Waals surface area contributed by atoms with E-state index < -0.39 is 0 Å². The number of amides is 1. The molecule has 0 bridgehead atoms. The topological polar surface area (TPSA) is 62.8 Å².